The third kappa shape index (κ3) is 2.97. The second-order valence-corrected chi connectivity index (χ2v) is 6.02. The monoisotopic (exact) mass is 322 g/mol. The molecule has 2 heterocycles. The van der Waals surface area contributed by atoms with Crippen LogP contribution in [0, 0.1) is 0 Å². The van der Waals surface area contributed by atoms with E-state index in [1.807, 2.05) is 24.3 Å². The van der Waals surface area contributed by atoms with Crippen molar-refractivity contribution in [2.75, 3.05) is 32.8 Å². The molecular formula is C16H19ClN2O3. The fourth-order valence-electron chi connectivity index (χ4n) is 2.88. The van der Waals surface area contributed by atoms with Gasteiger partial charge in [-0.1, -0.05) is 11.6 Å². The third-order valence-corrected chi connectivity index (χ3v) is 4.49. The summed E-state index contributed by atoms with van der Waals surface area (Å²) in [5.41, 5.74) is 0.834. The molecule has 1 fully saturated rings. The first kappa shape index (κ1) is 15.3. The lowest BCUT2D eigenvalue weighted by atomic mass is 10.1. The van der Waals surface area contributed by atoms with E-state index in [4.69, 9.17) is 21.1 Å². The maximum Gasteiger partial charge on any atom is 0.248 e. The van der Waals surface area contributed by atoms with E-state index in [0.717, 1.165) is 29.8 Å². The van der Waals surface area contributed by atoms with Gasteiger partial charge in [-0.3, -0.25) is 9.69 Å². The van der Waals surface area contributed by atoms with E-state index >= 15 is 0 Å². The van der Waals surface area contributed by atoms with Gasteiger partial charge in [0.2, 0.25) is 5.91 Å². The molecule has 1 saturated heterocycles. The second kappa shape index (κ2) is 6.28. The highest BCUT2D eigenvalue weighted by atomic mass is 35.5. The molecule has 1 aliphatic rings. The molecule has 1 aromatic carbocycles. The zero-order valence-electron chi connectivity index (χ0n) is 12.5. The highest BCUT2D eigenvalue weighted by Crippen LogP contribution is 2.29. The van der Waals surface area contributed by atoms with Crippen molar-refractivity contribution in [2.45, 2.75) is 13.0 Å². The van der Waals surface area contributed by atoms with Gasteiger partial charge in [0.1, 0.15) is 18.0 Å². The molecule has 1 aliphatic heterocycles. The topological polar surface area (TPSA) is 56.9 Å². The van der Waals surface area contributed by atoms with Gasteiger partial charge in [-0.15, -0.1) is 0 Å². The van der Waals surface area contributed by atoms with Crippen LogP contribution in [0.1, 0.15) is 18.7 Å². The quantitative estimate of drug-likeness (QED) is 0.942. The van der Waals surface area contributed by atoms with E-state index in [2.05, 4.69) is 11.8 Å². The number of carbonyl (C=O) groups excluding carboxylic acids is 1. The average molecular weight is 323 g/mol. The van der Waals surface area contributed by atoms with Gasteiger partial charge in [-0.2, -0.15) is 0 Å². The summed E-state index contributed by atoms with van der Waals surface area (Å²) >= 11 is 6.01. The Balaban J connectivity index is 1.71. The number of carbonyl (C=O) groups is 1. The third-order valence-electron chi connectivity index (χ3n) is 4.26. The van der Waals surface area contributed by atoms with Crippen LogP contribution in [-0.4, -0.2) is 53.6 Å². The van der Waals surface area contributed by atoms with E-state index in [1.54, 1.807) is 4.90 Å². The summed E-state index contributed by atoms with van der Waals surface area (Å²) in [6, 6.07) is 7.76. The second-order valence-electron chi connectivity index (χ2n) is 5.58. The van der Waals surface area contributed by atoms with Crippen molar-refractivity contribution in [1.29, 1.82) is 0 Å². The molecule has 0 bridgehead atoms. The van der Waals surface area contributed by atoms with Gasteiger partial charge in [0.25, 0.3) is 0 Å². The van der Waals surface area contributed by atoms with E-state index in [9.17, 15) is 4.79 Å². The summed E-state index contributed by atoms with van der Waals surface area (Å²) in [4.78, 5) is 15.5. The SMILES string of the molecule is CC(c1cc2cc(Cl)ccc2o1)N1CCN(C(=O)CO)CC1. The van der Waals surface area contributed by atoms with Crippen molar-refractivity contribution < 1.29 is 14.3 Å². The van der Waals surface area contributed by atoms with Crippen LogP contribution in [0.15, 0.2) is 28.7 Å². The van der Waals surface area contributed by atoms with E-state index in [1.165, 1.54) is 0 Å². The predicted octanol–water partition coefficient (Wildman–Crippen LogP) is 2.28. The van der Waals surface area contributed by atoms with Gasteiger partial charge in [0.05, 0.1) is 6.04 Å². The Hall–Kier alpha value is -1.56. The molecule has 22 heavy (non-hydrogen) atoms. The number of aliphatic hydroxyl groups excluding tert-OH is 1. The van der Waals surface area contributed by atoms with Crippen LogP contribution in [0.4, 0.5) is 0 Å². The van der Waals surface area contributed by atoms with Gasteiger partial charge in [-0.05, 0) is 31.2 Å². The molecule has 0 radical (unpaired) electrons. The number of furan rings is 1. The molecule has 0 saturated carbocycles. The molecule has 1 atom stereocenters. The molecule has 1 aromatic heterocycles. The number of hydrogen-bond acceptors (Lipinski definition) is 4. The van der Waals surface area contributed by atoms with Crippen LogP contribution in [-0.2, 0) is 4.79 Å². The first-order chi connectivity index (χ1) is 10.6. The standard InChI is InChI=1S/C16H19ClN2O3/c1-11(18-4-6-19(7-5-18)16(21)10-20)15-9-12-8-13(17)2-3-14(12)22-15/h2-3,8-9,11,20H,4-7,10H2,1H3. The van der Waals surface area contributed by atoms with Crippen molar-refractivity contribution in [2.24, 2.45) is 0 Å². The predicted molar refractivity (Wildman–Crippen MR) is 84.9 cm³/mol. The van der Waals surface area contributed by atoms with Crippen LogP contribution in [0.2, 0.25) is 5.02 Å². The first-order valence-electron chi connectivity index (χ1n) is 7.40. The summed E-state index contributed by atoms with van der Waals surface area (Å²) in [5.74, 6) is 0.699. The van der Waals surface area contributed by atoms with Crippen LogP contribution >= 0.6 is 11.6 Å². The van der Waals surface area contributed by atoms with Crippen LogP contribution < -0.4 is 0 Å². The first-order valence-corrected chi connectivity index (χ1v) is 7.78. The van der Waals surface area contributed by atoms with Crippen molar-refractivity contribution in [3.8, 4) is 0 Å². The summed E-state index contributed by atoms with van der Waals surface area (Å²) < 4.78 is 5.91. The fourth-order valence-corrected chi connectivity index (χ4v) is 3.06. The van der Waals surface area contributed by atoms with E-state index < -0.39 is 6.61 Å². The smallest absolute Gasteiger partial charge is 0.248 e. The minimum absolute atomic E-state index is 0.137. The number of nitrogens with zero attached hydrogens (tertiary/aromatic N) is 2. The molecule has 2 aromatic rings. The molecule has 0 aliphatic carbocycles. The Kier molecular flexibility index (Phi) is 4.38. The Morgan fingerprint density at radius 1 is 1.32 bits per heavy atom. The molecule has 6 heteroatoms. The summed E-state index contributed by atoms with van der Waals surface area (Å²) in [7, 11) is 0. The fraction of sp³-hybridized carbons (Fsp3) is 0.438. The van der Waals surface area contributed by atoms with Gasteiger partial charge in [0.15, 0.2) is 0 Å². The number of fused-ring (bicyclic) bond motifs is 1. The highest BCUT2D eigenvalue weighted by molar-refractivity contribution is 6.31. The number of benzene rings is 1. The van der Waals surface area contributed by atoms with Crippen LogP contribution in [0.3, 0.4) is 0 Å². The lowest BCUT2D eigenvalue weighted by molar-refractivity contribution is -0.136. The van der Waals surface area contributed by atoms with Crippen molar-refractivity contribution in [3.63, 3.8) is 0 Å². The lowest BCUT2D eigenvalue weighted by Gasteiger charge is -2.37. The van der Waals surface area contributed by atoms with Gasteiger partial charge in [0, 0.05) is 36.6 Å². The Morgan fingerprint density at radius 2 is 2.05 bits per heavy atom. The van der Waals surface area contributed by atoms with Gasteiger partial charge in [-0.25, -0.2) is 0 Å². The van der Waals surface area contributed by atoms with E-state index in [-0.39, 0.29) is 11.9 Å². The number of rotatable bonds is 3. The minimum atomic E-state index is -0.417. The number of aliphatic hydroxyl groups is 1. The number of piperazine rings is 1. The molecule has 5 nitrogen and oxygen atoms in total. The summed E-state index contributed by atoms with van der Waals surface area (Å²) in [6.45, 7) is 4.49. The maximum atomic E-state index is 11.5. The van der Waals surface area contributed by atoms with Crippen molar-refractivity contribution >= 4 is 28.5 Å². The lowest BCUT2D eigenvalue weighted by Crippen LogP contribution is -2.49. The summed E-state index contributed by atoms with van der Waals surface area (Å²) in [6.07, 6.45) is 0. The Bertz CT molecular complexity index is 677. The Morgan fingerprint density at radius 3 is 2.73 bits per heavy atom. The molecular weight excluding hydrogens is 304 g/mol. The molecule has 1 N–H and O–H groups in total. The van der Waals surface area contributed by atoms with Crippen molar-refractivity contribution in [1.82, 2.24) is 9.80 Å². The highest BCUT2D eigenvalue weighted by Gasteiger charge is 2.26. The normalized spacial score (nSPS) is 17.9. The maximum absolute atomic E-state index is 11.5. The van der Waals surface area contributed by atoms with E-state index in [0.29, 0.717) is 18.1 Å². The zero-order valence-corrected chi connectivity index (χ0v) is 13.2. The molecule has 0 spiro atoms. The van der Waals surface area contributed by atoms with Crippen molar-refractivity contribution in [3.05, 3.63) is 35.0 Å². The zero-order chi connectivity index (χ0) is 15.7. The number of hydrogen-bond donors (Lipinski definition) is 1. The minimum Gasteiger partial charge on any atom is -0.459 e. The molecule has 118 valence electrons. The number of amides is 1. The van der Waals surface area contributed by atoms with Crippen LogP contribution in [0.25, 0.3) is 11.0 Å². The summed E-state index contributed by atoms with van der Waals surface area (Å²) in [5, 5.41) is 10.6. The molecule has 1 amide bonds. The van der Waals surface area contributed by atoms with Gasteiger partial charge >= 0.3 is 0 Å². The largest absolute Gasteiger partial charge is 0.459 e. The van der Waals surface area contributed by atoms with Crippen LogP contribution in [0.5, 0.6) is 0 Å². The average Bonchev–Trinajstić information content (AvgIpc) is 2.96. The molecule has 1 unspecified atom stereocenters. The Labute approximate surface area is 134 Å². The molecule has 3 rings (SSSR count). The van der Waals surface area contributed by atoms with Gasteiger partial charge < -0.3 is 14.4 Å². The number of halogens is 1.